The van der Waals surface area contributed by atoms with Gasteiger partial charge in [0.2, 0.25) is 0 Å². The Morgan fingerprint density at radius 3 is 2.81 bits per heavy atom. The molecule has 4 nitrogen and oxygen atoms in total. The quantitative estimate of drug-likeness (QED) is 0.619. The van der Waals surface area contributed by atoms with E-state index in [2.05, 4.69) is 11.2 Å². The van der Waals surface area contributed by atoms with Gasteiger partial charge >= 0.3 is 0 Å². The van der Waals surface area contributed by atoms with E-state index in [1.165, 1.54) is 4.57 Å². The standard InChI is InChI=1S/C12H7N3O/c13-8-15-10-5-2-1-4-9(10)14-12(15)11-6-3-7-16-11/h1-7H. The number of para-hydroxylation sites is 2. The van der Waals surface area contributed by atoms with Crippen LogP contribution in [0, 0.1) is 11.5 Å². The Morgan fingerprint density at radius 1 is 1.19 bits per heavy atom. The number of imidazole rings is 1. The van der Waals surface area contributed by atoms with Gasteiger partial charge in [-0.2, -0.15) is 5.26 Å². The van der Waals surface area contributed by atoms with Crippen molar-refractivity contribution in [2.24, 2.45) is 0 Å². The number of nitrogens with zero attached hydrogens (tertiary/aromatic N) is 3. The van der Waals surface area contributed by atoms with Crippen LogP contribution >= 0.6 is 0 Å². The number of benzene rings is 1. The maximum atomic E-state index is 9.14. The first-order chi connectivity index (χ1) is 7.90. The summed E-state index contributed by atoms with van der Waals surface area (Å²) in [6.07, 6.45) is 3.67. The molecule has 0 aliphatic heterocycles. The molecule has 0 N–H and O–H groups in total. The van der Waals surface area contributed by atoms with Gasteiger partial charge in [0, 0.05) is 0 Å². The van der Waals surface area contributed by atoms with Gasteiger partial charge in [0.05, 0.1) is 17.3 Å². The summed E-state index contributed by atoms with van der Waals surface area (Å²) in [7, 11) is 0. The average Bonchev–Trinajstić information content (AvgIpc) is 2.95. The van der Waals surface area contributed by atoms with Crippen molar-refractivity contribution in [2.45, 2.75) is 0 Å². The molecule has 2 aromatic heterocycles. The van der Waals surface area contributed by atoms with E-state index in [0.29, 0.717) is 11.6 Å². The molecule has 16 heavy (non-hydrogen) atoms. The van der Waals surface area contributed by atoms with Gasteiger partial charge in [0.15, 0.2) is 17.8 Å². The SMILES string of the molecule is N#Cn1c(-c2ccco2)nc2ccccc21. The summed E-state index contributed by atoms with van der Waals surface area (Å²) in [4.78, 5) is 4.37. The van der Waals surface area contributed by atoms with Crippen molar-refractivity contribution >= 4 is 11.0 Å². The molecule has 0 aliphatic rings. The van der Waals surface area contributed by atoms with Crippen LogP contribution in [0.2, 0.25) is 0 Å². The fourth-order valence-corrected chi connectivity index (χ4v) is 1.70. The Balaban J connectivity index is 2.38. The second-order valence-corrected chi connectivity index (χ2v) is 3.34. The number of hydrogen-bond acceptors (Lipinski definition) is 3. The van der Waals surface area contributed by atoms with Gasteiger partial charge in [-0.1, -0.05) is 12.1 Å². The van der Waals surface area contributed by atoms with E-state index in [1.807, 2.05) is 24.3 Å². The first-order valence-electron chi connectivity index (χ1n) is 4.81. The molecule has 0 radical (unpaired) electrons. The van der Waals surface area contributed by atoms with Crippen LogP contribution in [0.3, 0.4) is 0 Å². The molecular formula is C12H7N3O. The van der Waals surface area contributed by atoms with Gasteiger partial charge in [-0.15, -0.1) is 0 Å². The Labute approximate surface area is 91.4 Å². The number of furan rings is 1. The Morgan fingerprint density at radius 2 is 2.06 bits per heavy atom. The van der Waals surface area contributed by atoms with Gasteiger partial charge < -0.3 is 4.42 Å². The molecule has 0 bridgehead atoms. The number of hydrogen-bond donors (Lipinski definition) is 0. The van der Waals surface area contributed by atoms with Crippen LogP contribution < -0.4 is 0 Å². The molecule has 0 saturated heterocycles. The van der Waals surface area contributed by atoms with Crippen molar-refractivity contribution in [3.63, 3.8) is 0 Å². The molecule has 0 spiro atoms. The second kappa shape index (κ2) is 3.24. The lowest BCUT2D eigenvalue weighted by Crippen LogP contribution is -1.90. The third-order valence-corrected chi connectivity index (χ3v) is 2.40. The van der Waals surface area contributed by atoms with E-state index < -0.39 is 0 Å². The fraction of sp³-hybridized carbons (Fsp3) is 0. The smallest absolute Gasteiger partial charge is 0.190 e. The monoisotopic (exact) mass is 209 g/mol. The van der Waals surface area contributed by atoms with Crippen molar-refractivity contribution in [2.75, 3.05) is 0 Å². The average molecular weight is 209 g/mol. The molecule has 1 aromatic carbocycles. The fourth-order valence-electron chi connectivity index (χ4n) is 1.70. The van der Waals surface area contributed by atoms with E-state index in [4.69, 9.17) is 9.68 Å². The highest BCUT2D eigenvalue weighted by Crippen LogP contribution is 2.23. The molecule has 3 aromatic rings. The Bertz CT molecular complexity index is 674. The molecule has 0 aliphatic carbocycles. The molecule has 0 unspecified atom stereocenters. The van der Waals surface area contributed by atoms with Crippen LogP contribution in [0.15, 0.2) is 47.1 Å². The van der Waals surface area contributed by atoms with Gasteiger partial charge in [-0.25, -0.2) is 9.55 Å². The molecule has 0 saturated carbocycles. The zero-order valence-corrected chi connectivity index (χ0v) is 8.29. The van der Waals surface area contributed by atoms with Gasteiger partial charge in [-0.3, -0.25) is 0 Å². The van der Waals surface area contributed by atoms with E-state index in [-0.39, 0.29) is 0 Å². The maximum absolute atomic E-state index is 9.14. The minimum absolute atomic E-state index is 0.536. The zero-order valence-electron chi connectivity index (χ0n) is 8.29. The van der Waals surface area contributed by atoms with Crippen molar-refractivity contribution in [1.29, 1.82) is 5.26 Å². The van der Waals surface area contributed by atoms with E-state index in [0.717, 1.165) is 11.0 Å². The van der Waals surface area contributed by atoms with Gasteiger partial charge in [-0.05, 0) is 24.3 Å². The minimum atomic E-state index is 0.536. The summed E-state index contributed by atoms with van der Waals surface area (Å²) < 4.78 is 6.72. The molecule has 4 heteroatoms. The number of aromatic nitrogens is 2. The normalized spacial score (nSPS) is 10.4. The summed E-state index contributed by atoms with van der Waals surface area (Å²) in [6.45, 7) is 0. The molecule has 0 amide bonds. The minimum Gasteiger partial charge on any atom is -0.461 e. The summed E-state index contributed by atoms with van der Waals surface area (Å²) in [5.41, 5.74) is 1.58. The second-order valence-electron chi connectivity index (χ2n) is 3.34. The lowest BCUT2D eigenvalue weighted by Gasteiger charge is -1.94. The predicted molar refractivity (Wildman–Crippen MR) is 58.4 cm³/mol. The van der Waals surface area contributed by atoms with Crippen LogP contribution in [0.25, 0.3) is 22.6 Å². The summed E-state index contributed by atoms with van der Waals surface area (Å²) in [5, 5.41) is 9.14. The first-order valence-corrected chi connectivity index (χ1v) is 4.81. The molecule has 76 valence electrons. The maximum Gasteiger partial charge on any atom is 0.190 e. The van der Waals surface area contributed by atoms with E-state index in [9.17, 15) is 0 Å². The molecular weight excluding hydrogens is 202 g/mol. The van der Waals surface area contributed by atoms with Crippen molar-refractivity contribution in [3.05, 3.63) is 42.7 Å². The van der Waals surface area contributed by atoms with Crippen molar-refractivity contribution in [3.8, 4) is 17.8 Å². The van der Waals surface area contributed by atoms with E-state index in [1.54, 1.807) is 18.4 Å². The highest BCUT2D eigenvalue weighted by Gasteiger charge is 2.13. The zero-order chi connectivity index (χ0) is 11.0. The number of fused-ring (bicyclic) bond motifs is 1. The summed E-state index contributed by atoms with van der Waals surface area (Å²) in [5.74, 6) is 1.13. The van der Waals surface area contributed by atoms with Crippen LogP contribution in [-0.2, 0) is 0 Å². The van der Waals surface area contributed by atoms with Crippen LogP contribution in [0.1, 0.15) is 0 Å². The first kappa shape index (κ1) is 8.74. The van der Waals surface area contributed by atoms with E-state index >= 15 is 0 Å². The largest absolute Gasteiger partial charge is 0.461 e. The van der Waals surface area contributed by atoms with Crippen molar-refractivity contribution in [1.82, 2.24) is 9.55 Å². The number of rotatable bonds is 1. The van der Waals surface area contributed by atoms with Gasteiger partial charge in [0.25, 0.3) is 0 Å². The molecule has 3 rings (SSSR count). The Hall–Kier alpha value is -2.54. The van der Waals surface area contributed by atoms with Crippen LogP contribution in [0.5, 0.6) is 0 Å². The van der Waals surface area contributed by atoms with Gasteiger partial charge in [0.1, 0.15) is 0 Å². The lowest BCUT2D eigenvalue weighted by atomic mass is 10.3. The lowest BCUT2D eigenvalue weighted by molar-refractivity contribution is 0.576. The summed E-state index contributed by atoms with van der Waals surface area (Å²) >= 11 is 0. The molecule has 0 atom stereocenters. The molecule has 0 fully saturated rings. The summed E-state index contributed by atoms with van der Waals surface area (Å²) in [6, 6.07) is 11.1. The third-order valence-electron chi connectivity index (χ3n) is 2.40. The van der Waals surface area contributed by atoms with Crippen LogP contribution in [0.4, 0.5) is 0 Å². The predicted octanol–water partition coefficient (Wildman–Crippen LogP) is 2.63. The Kier molecular flexibility index (Phi) is 1.77. The molecule has 2 heterocycles. The number of nitriles is 1. The third kappa shape index (κ3) is 1.12. The highest BCUT2D eigenvalue weighted by molar-refractivity contribution is 5.80. The highest BCUT2D eigenvalue weighted by atomic mass is 16.3. The topological polar surface area (TPSA) is 54.8 Å². The van der Waals surface area contributed by atoms with Crippen molar-refractivity contribution < 1.29 is 4.42 Å². The van der Waals surface area contributed by atoms with Crippen LogP contribution in [-0.4, -0.2) is 9.55 Å².